The van der Waals surface area contributed by atoms with E-state index >= 15 is 0 Å². The van der Waals surface area contributed by atoms with Gasteiger partial charge in [-0.3, -0.25) is 0 Å². The molecule has 4 nitrogen and oxygen atoms in total. The Morgan fingerprint density at radius 1 is 1.37 bits per heavy atom. The van der Waals surface area contributed by atoms with E-state index in [4.69, 9.17) is 0 Å². The predicted molar refractivity (Wildman–Crippen MR) is 78.2 cm³/mol. The maximum Gasteiger partial charge on any atom is 0.155 e. The fourth-order valence-corrected chi connectivity index (χ4v) is 2.22. The van der Waals surface area contributed by atoms with E-state index in [1.807, 2.05) is 23.7 Å². The number of aryl methyl sites for hydroxylation is 1. The number of aromatic nitrogens is 3. The Morgan fingerprint density at radius 3 is 3.00 bits per heavy atom. The molecule has 0 saturated heterocycles. The first-order valence-corrected chi connectivity index (χ1v) is 7.23. The van der Waals surface area contributed by atoms with Gasteiger partial charge in [0.25, 0.3) is 0 Å². The second-order valence-corrected chi connectivity index (χ2v) is 5.33. The summed E-state index contributed by atoms with van der Waals surface area (Å²) < 4.78 is 1.86. The van der Waals surface area contributed by atoms with Crippen LogP contribution in [0.1, 0.15) is 50.8 Å². The lowest BCUT2D eigenvalue weighted by Crippen LogP contribution is -2.25. The number of nitrogens with zero attached hydrogens (tertiary/aromatic N) is 3. The molecule has 0 fully saturated rings. The van der Waals surface area contributed by atoms with Gasteiger partial charge in [0, 0.05) is 36.6 Å². The fourth-order valence-electron chi connectivity index (χ4n) is 2.22. The minimum atomic E-state index is 0.557. The van der Waals surface area contributed by atoms with Crippen molar-refractivity contribution in [1.29, 1.82) is 0 Å². The maximum atomic E-state index is 4.42. The molecule has 2 aromatic rings. The van der Waals surface area contributed by atoms with E-state index in [0.717, 1.165) is 17.9 Å². The molecule has 2 rings (SSSR count). The van der Waals surface area contributed by atoms with Crippen molar-refractivity contribution in [2.45, 2.75) is 59.0 Å². The van der Waals surface area contributed by atoms with Crippen LogP contribution in [0.4, 0.5) is 0 Å². The zero-order valence-electron chi connectivity index (χ0n) is 12.2. The molecule has 1 N–H and O–H groups in total. The molecule has 0 aliphatic carbocycles. The van der Waals surface area contributed by atoms with Crippen molar-refractivity contribution in [3.05, 3.63) is 29.7 Å². The van der Waals surface area contributed by atoms with Crippen LogP contribution in [0.2, 0.25) is 0 Å². The van der Waals surface area contributed by atoms with Crippen LogP contribution in [0, 0.1) is 6.92 Å². The Kier molecular flexibility index (Phi) is 4.91. The molecule has 0 bridgehead atoms. The molecule has 0 aliphatic rings. The molecule has 4 heteroatoms. The number of unbranched alkanes of at least 4 members (excludes halogenated alkanes) is 2. The van der Waals surface area contributed by atoms with E-state index in [1.165, 1.54) is 31.2 Å². The van der Waals surface area contributed by atoms with Crippen LogP contribution < -0.4 is 5.32 Å². The SMILES string of the molecule is CCCCCC(C)NCc1cnc2cc(C)nn2c1. The van der Waals surface area contributed by atoms with Crippen LogP contribution in [0.15, 0.2) is 18.5 Å². The molecule has 0 amide bonds. The van der Waals surface area contributed by atoms with Gasteiger partial charge in [-0.05, 0) is 20.3 Å². The van der Waals surface area contributed by atoms with E-state index < -0.39 is 0 Å². The second kappa shape index (κ2) is 6.66. The van der Waals surface area contributed by atoms with Gasteiger partial charge in [0.05, 0.1) is 5.69 Å². The normalized spacial score (nSPS) is 13.0. The van der Waals surface area contributed by atoms with Crippen LogP contribution in [-0.4, -0.2) is 20.6 Å². The molecule has 0 radical (unpaired) electrons. The first kappa shape index (κ1) is 14.0. The van der Waals surface area contributed by atoms with Gasteiger partial charge in [0.1, 0.15) is 0 Å². The van der Waals surface area contributed by atoms with Crippen LogP contribution in [0.3, 0.4) is 0 Å². The molecule has 0 spiro atoms. The quantitative estimate of drug-likeness (QED) is 0.778. The third-order valence-corrected chi connectivity index (χ3v) is 3.38. The predicted octanol–water partition coefficient (Wildman–Crippen LogP) is 3.10. The van der Waals surface area contributed by atoms with Crippen LogP contribution >= 0.6 is 0 Å². The van der Waals surface area contributed by atoms with Gasteiger partial charge in [-0.1, -0.05) is 26.2 Å². The molecule has 2 heterocycles. The number of hydrogen-bond donors (Lipinski definition) is 1. The Hall–Kier alpha value is -1.42. The van der Waals surface area contributed by atoms with Crippen molar-refractivity contribution < 1.29 is 0 Å². The fraction of sp³-hybridized carbons (Fsp3) is 0.600. The summed E-state index contributed by atoms with van der Waals surface area (Å²) in [5, 5.41) is 7.94. The van der Waals surface area contributed by atoms with Crippen molar-refractivity contribution in [3.8, 4) is 0 Å². The molecular weight excluding hydrogens is 236 g/mol. The van der Waals surface area contributed by atoms with E-state index in [0.29, 0.717) is 6.04 Å². The third kappa shape index (κ3) is 4.03. The van der Waals surface area contributed by atoms with Gasteiger partial charge in [-0.15, -0.1) is 0 Å². The molecule has 0 aliphatic heterocycles. The standard InChI is InChI=1S/C15H24N4/c1-4-5-6-7-12(2)16-9-14-10-17-15-8-13(3)18-19(15)11-14/h8,10-12,16H,4-7,9H2,1-3H3. The summed E-state index contributed by atoms with van der Waals surface area (Å²) in [7, 11) is 0. The number of fused-ring (bicyclic) bond motifs is 1. The molecule has 2 aromatic heterocycles. The second-order valence-electron chi connectivity index (χ2n) is 5.33. The average Bonchev–Trinajstić information content (AvgIpc) is 2.76. The Balaban J connectivity index is 1.87. The highest BCUT2D eigenvalue weighted by Gasteiger charge is 2.03. The highest BCUT2D eigenvalue weighted by Crippen LogP contribution is 2.06. The van der Waals surface area contributed by atoms with E-state index in [9.17, 15) is 0 Å². The summed E-state index contributed by atoms with van der Waals surface area (Å²) >= 11 is 0. The largest absolute Gasteiger partial charge is 0.310 e. The van der Waals surface area contributed by atoms with Crippen molar-refractivity contribution in [1.82, 2.24) is 19.9 Å². The van der Waals surface area contributed by atoms with Crippen molar-refractivity contribution in [3.63, 3.8) is 0 Å². The van der Waals surface area contributed by atoms with Gasteiger partial charge in [-0.25, -0.2) is 9.50 Å². The Morgan fingerprint density at radius 2 is 2.21 bits per heavy atom. The lowest BCUT2D eigenvalue weighted by atomic mass is 10.1. The summed E-state index contributed by atoms with van der Waals surface area (Å²) in [4.78, 5) is 4.42. The van der Waals surface area contributed by atoms with Crippen molar-refractivity contribution in [2.24, 2.45) is 0 Å². The molecular formula is C15H24N4. The number of hydrogen-bond acceptors (Lipinski definition) is 3. The molecule has 0 saturated carbocycles. The molecule has 104 valence electrons. The van der Waals surface area contributed by atoms with E-state index in [2.05, 4.69) is 35.4 Å². The zero-order valence-corrected chi connectivity index (χ0v) is 12.2. The maximum absolute atomic E-state index is 4.42. The van der Waals surface area contributed by atoms with Gasteiger partial charge in [-0.2, -0.15) is 5.10 Å². The Bertz CT molecular complexity index is 518. The topological polar surface area (TPSA) is 42.2 Å². The minimum Gasteiger partial charge on any atom is -0.310 e. The van der Waals surface area contributed by atoms with Gasteiger partial charge >= 0.3 is 0 Å². The average molecular weight is 260 g/mol. The van der Waals surface area contributed by atoms with Crippen LogP contribution in [-0.2, 0) is 6.54 Å². The Labute approximate surface area is 115 Å². The van der Waals surface area contributed by atoms with Crippen molar-refractivity contribution in [2.75, 3.05) is 0 Å². The highest BCUT2D eigenvalue weighted by molar-refractivity contribution is 5.38. The van der Waals surface area contributed by atoms with Gasteiger partial charge in [0.2, 0.25) is 0 Å². The molecule has 1 unspecified atom stereocenters. The summed E-state index contributed by atoms with van der Waals surface area (Å²) in [6, 6.07) is 2.55. The number of rotatable bonds is 7. The summed E-state index contributed by atoms with van der Waals surface area (Å²) in [5.74, 6) is 0. The smallest absolute Gasteiger partial charge is 0.155 e. The minimum absolute atomic E-state index is 0.557. The molecule has 0 aromatic carbocycles. The van der Waals surface area contributed by atoms with Gasteiger partial charge < -0.3 is 5.32 Å². The lowest BCUT2D eigenvalue weighted by Gasteiger charge is -2.13. The summed E-state index contributed by atoms with van der Waals surface area (Å²) in [6.45, 7) is 7.34. The first-order chi connectivity index (χ1) is 9.19. The summed E-state index contributed by atoms with van der Waals surface area (Å²) in [5.41, 5.74) is 3.10. The first-order valence-electron chi connectivity index (χ1n) is 7.23. The van der Waals surface area contributed by atoms with E-state index in [-0.39, 0.29) is 0 Å². The monoisotopic (exact) mass is 260 g/mol. The van der Waals surface area contributed by atoms with E-state index in [1.54, 1.807) is 0 Å². The number of nitrogens with one attached hydrogen (secondary N) is 1. The van der Waals surface area contributed by atoms with Gasteiger partial charge in [0.15, 0.2) is 5.65 Å². The van der Waals surface area contributed by atoms with Crippen LogP contribution in [0.5, 0.6) is 0 Å². The molecule has 19 heavy (non-hydrogen) atoms. The summed E-state index contributed by atoms with van der Waals surface area (Å²) in [6.07, 6.45) is 9.14. The molecule has 1 atom stereocenters. The van der Waals surface area contributed by atoms with Crippen LogP contribution in [0.25, 0.3) is 5.65 Å². The lowest BCUT2D eigenvalue weighted by molar-refractivity contribution is 0.486. The third-order valence-electron chi connectivity index (χ3n) is 3.38. The zero-order chi connectivity index (χ0) is 13.7. The highest BCUT2D eigenvalue weighted by atomic mass is 15.2. The van der Waals surface area contributed by atoms with Crippen molar-refractivity contribution >= 4 is 5.65 Å².